The van der Waals surface area contributed by atoms with E-state index >= 15 is 0 Å². The highest BCUT2D eigenvalue weighted by Gasteiger charge is 2.57. The predicted octanol–water partition coefficient (Wildman–Crippen LogP) is 3.50. The van der Waals surface area contributed by atoms with Gasteiger partial charge in [0.15, 0.2) is 5.65 Å². The van der Waals surface area contributed by atoms with Gasteiger partial charge in [0, 0.05) is 38.9 Å². The molecule has 3 fully saturated rings. The number of urea groups is 1. The average Bonchev–Trinajstić information content (AvgIpc) is 3.10. The van der Waals surface area contributed by atoms with Gasteiger partial charge in [-0.2, -0.15) is 5.10 Å². The van der Waals surface area contributed by atoms with Gasteiger partial charge in [-0.15, -0.1) is 0 Å². The molecule has 3 heterocycles. The van der Waals surface area contributed by atoms with E-state index in [-0.39, 0.29) is 44.1 Å². The first kappa shape index (κ1) is 23.6. The molecule has 2 aromatic rings. The normalized spacial score (nSPS) is 24.3. The monoisotopic (exact) mass is 498 g/mol. The third-order valence-corrected chi connectivity index (χ3v) is 6.91. The van der Waals surface area contributed by atoms with Crippen molar-refractivity contribution in [2.24, 2.45) is 11.8 Å². The van der Waals surface area contributed by atoms with Crippen LogP contribution in [-0.4, -0.2) is 63.2 Å². The third kappa shape index (κ3) is 5.27. The Morgan fingerprint density at radius 2 is 2.03 bits per heavy atom. The van der Waals surface area contributed by atoms with E-state index in [1.165, 1.54) is 4.52 Å². The number of aromatic nitrogens is 3. The minimum absolute atomic E-state index is 0.158. The van der Waals surface area contributed by atoms with Crippen LogP contribution in [-0.2, 0) is 11.3 Å². The number of amides is 3. The first-order chi connectivity index (χ1) is 16.6. The Morgan fingerprint density at radius 3 is 2.69 bits per heavy atom. The third-order valence-electron chi connectivity index (χ3n) is 6.91. The van der Waals surface area contributed by atoms with Crippen LogP contribution >= 0.6 is 0 Å². The summed E-state index contributed by atoms with van der Waals surface area (Å²) in [7, 11) is 0. The first-order valence-electron chi connectivity index (χ1n) is 11.7. The van der Waals surface area contributed by atoms with Crippen LogP contribution in [0.4, 0.5) is 27.2 Å². The number of imidazole rings is 1. The number of hydrogen-bond donors (Lipinski definition) is 2. The Morgan fingerprint density at radius 1 is 1.29 bits per heavy atom. The standard InChI is InChI=1S/C22H26F4N6O3/c23-21(24)3-1-14(2-4-21)18(30-20(34)35-12-15-8-22(15,25)26)16-11-32-17(29-16)7-13(9-28-32)10-31-6-5-27-19(31)33/h7,9,11,14-15,18H,1-6,8,10,12H2,(H,27,33)(H,30,34). The Hall–Kier alpha value is -3.12. The fourth-order valence-corrected chi connectivity index (χ4v) is 4.68. The van der Waals surface area contributed by atoms with Crippen LogP contribution in [0.15, 0.2) is 18.5 Å². The largest absolute Gasteiger partial charge is 0.449 e. The molecular weight excluding hydrogens is 472 g/mol. The smallest absolute Gasteiger partial charge is 0.407 e. The van der Waals surface area contributed by atoms with Crippen LogP contribution in [0.1, 0.15) is 49.4 Å². The van der Waals surface area contributed by atoms with Crippen LogP contribution in [0.3, 0.4) is 0 Å². The summed E-state index contributed by atoms with van der Waals surface area (Å²) in [5.74, 6) is -6.89. The topological polar surface area (TPSA) is 101 Å². The Balaban J connectivity index is 1.33. The van der Waals surface area contributed by atoms with E-state index in [0.29, 0.717) is 31.0 Å². The molecular formula is C22H26F4N6O3. The second-order valence-corrected chi connectivity index (χ2v) is 9.56. The van der Waals surface area contributed by atoms with Gasteiger partial charge < -0.3 is 20.3 Å². The Labute approximate surface area is 198 Å². The molecule has 0 spiro atoms. The maximum Gasteiger partial charge on any atom is 0.407 e. The van der Waals surface area contributed by atoms with E-state index < -0.39 is 36.5 Å². The summed E-state index contributed by atoms with van der Waals surface area (Å²) >= 11 is 0. The molecule has 1 saturated heterocycles. The van der Waals surface area contributed by atoms with Crippen molar-refractivity contribution in [2.75, 3.05) is 19.7 Å². The van der Waals surface area contributed by atoms with Crippen LogP contribution in [0, 0.1) is 11.8 Å². The number of fused-ring (bicyclic) bond motifs is 1. The summed E-state index contributed by atoms with van der Waals surface area (Å²) in [5.41, 5.74) is 1.65. The van der Waals surface area contributed by atoms with Crippen molar-refractivity contribution in [3.63, 3.8) is 0 Å². The summed E-state index contributed by atoms with van der Waals surface area (Å²) in [5, 5.41) is 9.73. The molecule has 2 aromatic heterocycles. The number of rotatable bonds is 7. The minimum atomic E-state index is -2.81. The van der Waals surface area contributed by atoms with Gasteiger partial charge >= 0.3 is 12.1 Å². The maximum atomic E-state index is 13.8. The van der Waals surface area contributed by atoms with Crippen LogP contribution in [0.5, 0.6) is 0 Å². The van der Waals surface area contributed by atoms with E-state index in [9.17, 15) is 27.2 Å². The molecule has 2 atom stereocenters. The van der Waals surface area contributed by atoms with Gasteiger partial charge in [0.1, 0.15) is 6.61 Å². The van der Waals surface area contributed by atoms with Crippen molar-refractivity contribution in [1.29, 1.82) is 0 Å². The highest BCUT2D eigenvalue weighted by atomic mass is 19.3. The van der Waals surface area contributed by atoms with Crippen molar-refractivity contribution in [1.82, 2.24) is 30.1 Å². The Kier molecular flexibility index (Phi) is 5.96. The fourth-order valence-electron chi connectivity index (χ4n) is 4.68. The van der Waals surface area contributed by atoms with Crippen molar-refractivity contribution >= 4 is 17.8 Å². The second kappa shape index (κ2) is 8.83. The van der Waals surface area contributed by atoms with E-state index in [4.69, 9.17) is 4.74 Å². The molecule has 190 valence electrons. The molecule has 5 rings (SSSR count). The molecule has 2 unspecified atom stereocenters. The van der Waals surface area contributed by atoms with E-state index in [2.05, 4.69) is 20.7 Å². The molecule has 2 N–H and O–H groups in total. The van der Waals surface area contributed by atoms with Crippen molar-refractivity contribution in [2.45, 2.75) is 56.5 Å². The number of nitrogens with zero attached hydrogens (tertiary/aromatic N) is 4. The molecule has 0 bridgehead atoms. The maximum absolute atomic E-state index is 13.8. The van der Waals surface area contributed by atoms with Crippen molar-refractivity contribution < 1.29 is 31.9 Å². The lowest BCUT2D eigenvalue weighted by atomic mass is 9.81. The molecule has 13 heteroatoms. The number of hydrogen-bond acceptors (Lipinski definition) is 5. The van der Waals surface area contributed by atoms with Crippen LogP contribution in [0.25, 0.3) is 5.65 Å². The van der Waals surface area contributed by atoms with Gasteiger partial charge in [-0.05, 0) is 30.4 Å². The fraction of sp³-hybridized carbons (Fsp3) is 0.636. The lowest BCUT2D eigenvalue weighted by molar-refractivity contribution is -0.0497. The highest BCUT2D eigenvalue weighted by Crippen LogP contribution is 2.48. The number of nitrogens with one attached hydrogen (secondary N) is 2. The van der Waals surface area contributed by atoms with Crippen molar-refractivity contribution in [3.8, 4) is 0 Å². The molecule has 3 aliphatic rings. The zero-order valence-corrected chi connectivity index (χ0v) is 18.9. The van der Waals surface area contributed by atoms with Gasteiger partial charge in [-0.3, -0.25) is 0 Å². The summed E-state index contributed by atoms with van der Waals surface area (Å²) in [6.07, 6.45) is 1.71. The molecule has 2 aliphatic carbocycles. The van der Waals surface area contributed by atoms with E-state index in [1.807, 2.05) is 0 Å². The number of alkyl halides is 4. The second-order valence-electron chi connectivity index (χ2n) is 9.56. The van der Waals surface area contributed by atoms with Gasteiger partial charge in [0.2, 0.25) is 5.92 Å². The van der Waals surface area contributed by atoms with Crippen LogP contribution in [0.2, 0.25) is 0 Å². The molecule has 3 amide bonds. The summed E-state index contributed by atoms with van der Waals surface area (Å²) < 4.78 is 60.2. The molecule has 35 heavy (non-hydrogen) atoms. The predicted molar refractivity (Wildman–Crippen MR) is 114 cm³/mol. The number of alkyl carbamates (subject to hydrolysis) is 1. The van der Waals surface area contributed by atoms with Gasteiger partial charge in [-0.25, -0.2) is 36.7 Å². The van der Waals surface area contributed by atoms with Gasteiger partial charge in [0.05, 0.1) is 30.0 Å². The molecule has 0 radical (unpaired) electrons. The van der Waals surface area contributed by atoms with Gasteiger partial charge in [-0.1, -0.05) is 0 Å². The summed E-state index contributed by atoms with van der Waals surface area (Å²) in [6, 6.07) is 0.865. The number of carbonyl (C=O) groups excluding carboxylic acids is 2. The summed E-state index contributed by atoms with van der Waals surface area (Å²) in [6.45, 7) is 1.10. The minimum Gasteiger partial charge on any atom is -0.449 e. The van der Waals surface area contributed by atoms with Gasteiger partial charge in [0.25, 0.3) is 5.92 Å². The molecule has 2 saturated carbocycles. The lowest BCUT2D eigenvalue weighted by Crippen LogP contribution is -2.38. The number of ether oxygens (including phenoxy) is 1. The zero-order chi connectivity index (χ0) is 24.8. The van der Waals surface area contributed by atoms with Crippen molar-refractivity contribution in [3.05, 3.63) is 29.7 Å². The zero-order valence-electron chi connectivity index (χ0n) is 18.9. The van der Waals surface area contributed by atoms with Crippen LogP contribution < -0.4 is 10.6 Å². The van der Waals surface area contributed by atoms with E-state index in [0.717, 1.165) is 5.56 Å². The molecule has 1 aliphatic heterocycles. The van der Waals surface area contributed by atoms with E-state index in [1.54, 1.807) is 23.4 Å². The summed E-state index contributed by atoms with van der Waals surface area (Å²) in [4.78, 5) is 30.4. The highest BCUT2D eigenvalue weighted by molar-refractivity contribution is 5.76. The first-order valence-corrected chi connectivity index (χ1v) is 11.7. The Bertz CT molecular complexity index is 1120. The molecule has 9 nitrogen and oxygen atoms in total. The average molecular weight is 498 g/mol. The SMILES string of the molecule is O=C(NC(c1cn2ncc(CN3CCNC3=O)cc2n1)C1CCC(F)(F)CC1)OCC1CC1(F)F. The number of halogens is 4. The quantitative estimate of drug-likeness (QED) is 0.569. The lowest BCUT2D eigenvalue weighted by Gasteiger charge is -2.33. The number of carbonyl (C=O) groups is 2. The molecule has 0 aromatic carbocycles.